The third-order valence-corrected chi connectivity index (χ3v) is 4.57. The number of aryl methyl sites for hydroxylation is 1. The summed E-state index contributed by atoms with van der Waals surface area (Å²) in [4.78, 5) is 11.3. The molecule has 1 N–H and O–H groups in total. The molecular formula is C21H20O2. The SMILES string of the molecule is Cc1ccc(C#Cc2ccc(C3CCCC3C(=O)O)cc2)cc1. The number of carboxylic acid groups (broad SMARTS) is 1. The molecule has 2 unspecified atom stereocenters. The summed E-state index contributed by atoms with van der Waals surface area (Å²) in [6.07, 6.45) is 2.75. The highest BCUT2D eigenvalue weighted by molar-refractivity contribution is 5.72. The second-order valence-corrected chi connectivity index (χ2v) is 6.22. The molecule has 0 aromatic heterocycles. The fourth-order valence-corrected chi connectivity index (χ4v) is 3.25. The summed E-state index contributed by atoms with van der Waals surface area (Å²) >= 11 is 0. The lowest BCUT2D eigenvalue weighted by molar-refractivity contribution is -0.142. The van der Waals surface area contributed by atoms with Crippen molar-refractivity contribution in [3.8, 4) is 11.8 Å². The highest BCUT2D eigenvalue weighted by atomic mass is 16.4. The Morgan fingerprint density at radius 1 is 0.957 bits per heavy atom. The Morgan fingerprint density at radius 2 is 1.52 bits per heavy atom. The molecule has 1 aliphatic rings. The second kappa shape index (κ2) is 6.71. The molecule has 0 bridgehead atoms. The van der Waals surface area contributed by atoms with E-state index < -0.39 is 5.97 Å². The normalized spacial score (nSPS) is 19.9. The first-order valence-electron chi connectivity index (χ1n) is 8.05. The maximum absolute atomic E-state index is 11.3. The molecule has 116 valence electrons. The van der Waals surface area contributed by atoms with Crippen molar-refractivity contribution in [2.45, 2.75) is 32.1 Å². The molecule has 1 saturated carbocycles. The maximum Gasteiger partial charge on any atom is 0.307 e. The van der Waals surface area contributed by atoms with Gasteiger partial charge in [-0.15, -0.1) is 0 Å². The van der Waals surface area contributed by atoms with Crippen LogP contribution in [0, 0.1) is 24.7 Å². The number of aliphatic carboxylic acids is 1. The first-order valence-corrected chi connectivity index (χ1v) is 8.05. The summed E-state index contributed by atoms with van der Waals surface area (Å²) in [5.41, 5.74) is 4.31. The summed E-state index contributed by atoms with van der Waals surface area (Å²) in [5, 5.41) is 9.31. The van der Waals surface area contributed by atoms with Gasteiger partial charge in [0.05, 0.1) is 5.92 Å². The van der Waals surface area contributed by atoms with Gasteiger partial charge in [0.15, 0.2) is 0 Å². The summed E-state index contributed by atoms with van der Waals surface area (Å²) in [7, 11) is 0. The van der Waals surface area contributed by atoms with Crippen LogP contribution >= 0.6 is 0 Å². The third kappa shape index (κ3) is 3.63. The predicted octanol–water partition coefficient (Wildman–Crippen LogP) is 4.36. The van der Waals surface area contributed by atoms with E-state index in [9.17, 15) is 9.90 Å². The molecule has 2 nitrogen and oxygen atoms in total. The lowest BCUT2D eigenvalue weighted by Gasteiger charge is -2.15. The lowest BCUT2D eigenvalue weighted by Crippen LogP contribution is -2.16. The molecule has 1 fully saturated rings. The predicted molar refractivity (Wildman–Crippen MR) is 91.3 cm³/mol. The third-order valence-electron chi connectivity index (χ3n) is 4.57. The van der Waals surface area contributed by atoms with E-state index in [0.717, 1.165) is 36.0 Å². The van der Waals surface area contributed by atoms with E-state index in [0.29, 0.717) is 0 Å². The van der Waals surface area contributed by atoms with Crippen molar-refractivity contribution >= 4 is 5.97 Å². The van der Waals surface area contributed by atoms with Gasteiger partial charge in [-0.2, -0.15) is 0 Å². The highest BCUT2D eigenvalue weighted by Crippen LogP contribution is 2.39. The van der Waals surface area contributed by atoms with Crippen molar-refractivity contribution < 1.29 is 9.90 Å². The van der Waals surface area contributed by atoms with Crippen molar-refractivity contribution in [2.75, 3.05) is 0 Å². The minimum Gasteiger partial charge on any atom is -0.481 e. The molecule has 0 spiro atoms. The van der Waals surface area contributed by atoms with Crippen molar-refractivity contribution in [2.24, 2.45) is 5.92 Å². The van der Waals surface area contributed by atoms with E-state index in [-0.39, 0.29) is 11.8 Å². The second-order valence-electron chi connectivity index (χ2n) is 6.22. The zero-order chi connectivity index (χ0) is 16.2. The Hall–Kier alpha value is -2.53. The van der Waals surface area contributed by atoms with Crippen LogP contribution in [0.3, 0.4) is 0 Å². The van der Waals surface area contributed by atoms with Gasteiger partial charge in [0, 0.05) is 11.1 Å². The van der Waals surface area contributed by atoms with Crippen molar-refractivity contribution in [3.63, 3.8) is 0 Å². The number of rotatable bonds is 2. The average Bonchev–Trinajstić information content (AvgIpc) is 3.05. The van der Waals surface area contributed by atoms with E-state index >= 15 is 0 Å². The van der Waals surface area contributed by atoms with Gasteiger partial charge >= 0.3 is 5.97 Å². The van der Waals surface area contributed by atoms with E-state index in [1.54, 1.807) is 0 Å². The molecule has 23 heavy (non-hydrogen) atoms. The fraction of sp³-hybridized carbons (Fsp3) is 0.286. The van der Waals surface area contributed by atoms with Gasteiger partial charge in [0.1, 0.15) is 0 Å². The molecule has 0 saturated heterocycles. The van der Waals surface area contributed by atoms with Crippen LogP contribution < -0.4 is 0 Å². The number of benzene rings is 2. The van der Waals surface area contributed by atoms with Gasteiger partial charge in [0.25, 0.3) is 0 Å². The molecule has 2 aromatic carbocycles. The van der Waals surface area contributed by atoms with Gasteiger partial charge < -0.3 is 5.11 Å². The van der Waals surface area contributed by atoms with Crippen molar-refractivity contribution in [1.82, 2.24) is 0 Å². The average molecular weight is 304 g/mol. The van der Waals surface area contributed by atoms with Gasteiger partial charge in [-0.25, -0.2) is 0 Å². The van der Waals surface area contributed by atoms with Crippen LogP contribution in [0.25, 0.3) is 0 Å². The zero-order valence-corrected chi connectivity index (χ0v) is 13.3. The Kier molecular flexibility index (Phi) is 4.48. The van der Waals surface area contributed by atoms with E-state index in [2.05, 4.69) is 30.9 Å². The molecule has 3 rings (SSSR count). The Balaban J connectivity index is 1.75. The summed E-state index contributed by atoms with van der Waals surface area (Å²) < 4.78 is 0. The molecule has 0 heterocycles. The van der Waals surface area contributed by atoms with Crippen molar-refractivity contribution in [3.05, 3.63) is 70.8 Å². The monoisotopic (exact) mass is 304 g/mol. The van der Waals surface area contributed by atoms with Gasteiger partial charge in [0.2, 0.25) is 0 Å². The topological polar surface area (TPSA) is 37.3 Å². The highest BCUT2D eigenvalue weighted by Gasteiger charge is 2.33. The van der Waals surface area contributed by atoms with Crippen LogP contribution in [0.5, 0.6) is 0 Å². The zero-order valence-electron chi connectivity index (χ0n) is 13.3. The Morgan fingerprint density at radius 3 is 2.09 bits per heavy atom. The molecule has 1 aliphatic carbocycles. The van der Waals surface area contributed by atoms with Crippen molar-refractivity contribution in [1.29, 1.82) is 0 Å². The molecule has 0 radical (unpaired) electrons. The number of carbonyl (C=O) groups is 1. The first kappa shape index (κ1) is 15.4. The van der Waals surface area contributed by atoms with E-state index in [4.69, 9.17) is 0 Å². The van der Waals surface area contributed by atoms with E-state index in [1.807, 2.05) is 36.4 Å². The van der Waals surface area contributed by atoms with E-state index in [1.165, 1.54) is 5.56 Å². The number of hydrogen-bond donors (Lipinski definition) is 1. The molecule has 2 aromatic rings. The summed E-state index contributed by atoms with van der Waals surface area (Å²) in [5.74, 6) is 5.56. The quantitative estimate of drug-likeness (QED) is 0.837. The lowest BCUT2D eigenvalue weighted by atomic mass is 9.88. The Labute approximate surface area is 137 Å². The van der Waals surface area contributed by atoms with Crippen LogP contribution in [-0.4, -0.2) is 11.1 Å². The fourth-order valence-electron chi connectivity index (χ4n) is 3.25. The Bertz CT molecular complexity index is 745. The van der Waals surface area contributed by atoms with Gasteiger partial charge in [-0.3, -0.25) is 4.79 Å². The minimum atomic E-state index is -0.671. The molecule has 2 heteroatoms. The summed E-state index contributed by atoms with van der Waals surface area (Å²) in [6, 6.07) is 16.2. The summed E-state index contributed by atoms with van der Waals surface area (Å²) in [6.45, 7) is 2.06. The van der Waals surface area contributed by atoms with Crippen LogP contribution in [0.1, 0.15) is 47.4 Å². The number of carboxylic acids is 1. The smallest absolute Gasteiger partial charge is 0.307 e. The standard InChI is InChI=1S/C21H20O2/c1-15-5-7-16(8-6-15)9-10-17-11-13-18(14-12-17)19-3-2-4-20(19)21(22)23/h5-8,11-14,19-20H,2-4H2,1H3,(H,22,23). The van der Waals surface area contributed by atoms with Gasteiger partial charge in [-0.05, 0) is 55.5 Å². The number of hydrogen-bond acceptors (Lipinski definition) is 1. The van der Waals surface area contributed by atoms with Crippen LogP contribution in [0.4, 0.5) is 0 Å². The molecule has 2 atom stereocenters. The van der Waals surface area contributed by atoms with Crippen LogP contribution in [0.15, 0.2) is 48.5 Å². The van der Waals surface area contributed by atoms with Crippen LogP contribution in [-0.2, 0) is 4.79 Å². The molecular weight excluding hydrogens is 284 g/mol. The minimum absolute atomic E-state index is 0.145. The first-order chi connectivity index (χ1) is 11.1. The maximum atomic E-state index is 11.3. The molecule has 0 aliphatic heterocycles. The van der Waals surface area contributed by atoms with Gasteiger partial charge in [-0.1, -0.05) is 48.1 Å². The molecule has 0 amide bonds. The largest absolute Gasteiger partial charge is 0.481 e. The van der Waals surface area contributed by atoms with Crippen LogP contribution in [0.2, 0.25) is 0 Å².